The fourth-order valence-electron chi connectivity index (χ4n) is 6.30. The number of fused-ring (bicyclic) bond motifs is 1. The van der Waals surface area contributed by atoms with Crippen molar-refractivity contribution in [2.45, 2.75) is 51.1 Å². The molecule has 1 aromatic heterocycles. The van der Waals surface area contributed by atoms with Crippen LogP contribution in [0.25, 0.3) is 0 Å². The van der Waals surface area contributed by atoms with Crippen LogP contribution in [-0.4, -0.2) is 71.0 Å². The van der Waals surface area contributed by atoms with E-state index < -0.39 is 23.9 Å². The zero-order valence-electron chi connectivity index (χ0n) is 23.9. The molecule has 43 heavy (non-hydrogen) atoms. The Morgan fingerprint density at radius 3 is 2.44 bits per heavy atom. The SMILES string of the molecule is COC(=O)N1CC(n2cc3c(n2)N(Cc2ccccc2C(F)(F)F)C(=O)N(C2CCN(c4c(C)cccc4F)CC2)C3)C1. The second-order valence-electron chi connectivity index (χ2n) is 11.3. The number of nitrogens with zero attached hydrogens (tertiary/aromatic N) is 6. The van der Waals surface area contributed by atoms with Crippen molar-refractivity contribution in [1.29, 1.82) is 0 Å². The molecule has 3 amide bonds. The molecule has 2 aromatic carbocycles. The van der Waals surface area contributed by atoms with Crippen LogP contribution in [0.2, 0.25) is 0 Å². The summed E-state index contributed by atoms with van der Waals surface area (Å²) in [7, 11) is 1.31. The number of urea groups is 1. The first kappa shape index (κ1) is 28.8. The number of anilines is 2. The Kier molecular flexibility index (Phi) is 7.43. The van der Waals surface area contributed by atoms with Gasteiger partial charge < -0.3 is 19.4 Å². The summed E-state index contributed by atoms with van der Waals surface area (Å²) < 4.78 is 62.8. The molecule has 3 aliphatic rings. The molecular formula is C30H32F4N6O3. The third-order valence-electron chi connectivity index (χ3n) is 8.59. The molecule has 2 fully saturated rings. The van der Waals surface area contributed by atoms with Crippen molar-refractivity contribution in [3.8, 4) is 0 Å². The van der Waals surface area contributed by atoms with E-state index in [1.54, 1.807) is 15.6 Å². The number of amides is 3. The number of ether oxygens (including phenoxy) is 1. The van der Waals surface area contributed by atoms with Gasteiger partial charge in [0.25, 0.3) is 0 Å². The summed E-state index contributed by atoms with van der Waals surface area (Å²) >= 11 is 0. The zero-order valence-corrected chi connectivity index (χ0v) is 23.9. The number of hydrogen-bond acceptors (Lipinski definition) is 5. The van der Waals surface area contributed by atoms with Gasteiger partial charge in [-0.1, -0.05) is 30.3 Å². The van der Waals surface area contributed by atoms with Gasteiger partial charge in [0.15, 0.2) is 5.82 Å². The largest absolute Gasteiger partial charge is 0.453 e. The molecule has 2 saturated heterocycles. The van der Waals surface area contributed by atoms with Crippen LogP contribution in [0.3, 0.4) is 0 Å². The number of hydrogen-bond donors (Lipinski definition) is 0. The predicted molar refractivity (Wildman–Crippen MR) is 150 cm³/mol. The van der Waals surface area contributed by atoms with Crippen LogP contribution in [0.4, 0.5) is 38.7 Å². The van der Waals surface area contributed by atoms with Gasteiger partial charge in [0.05, 0.1) is 37.5 Å². The maximum Gasteiger partial charge on any atom is 0.416 e. The lowest BCUT2D eigenvalue weighted by Gasteiger charge is -2.43. The molecule has 0 atom stereocenters. The summed E-state index contributed by atoms with van der Waals surface area (Å²) in [5, 5.41) is 4.65. The molecule has 3 aliphatic heterocycles. The van der Waals surface area contributed by atoms with Gasteiger partial charge in [-0.25, -0.2) is 14.0 Å². The van der Waals surface area contributed by atoms with Gasteiger partial charge in [-0.15, -0.1) is 0 Å². The van der Waals surface area contributed by atoms with E-state index >= 15 is 0 Å². The number of methoxy groups -OCH3 is 1. The molecule has 0 saturated carbocycles. The van der Waals surface area contributed by atoms with Gasteiger partial charge in [-0.05, 0) is 43.0 Å². The second-order valence-corrected chi connectivity index (χ2v) is 11.3. The highest BCUT2D eigenvalue weighted by Crippen LogP contribution is 2.38. The van der Waals surface area contributed by atoms with Crippen molar-refractivity contribution < 1.29 is 31.9 Å². The van der Waals surface area contributed by atoms with E-state index in [1.165, 1.54) is 41.2 Å². The van der Waals surface area contributed by atoms with E-state index in [0.29, 0.717) is 56.1 Å². The lowest BCUT2D eigenvalue weighted by Crippen LogP contribution is -2.54. The minimum absolute atomic E-state index is 0.0314. The minimum Gasteiger partial charge on any atom is -0.453 e. The van der Waals surface area contributed by atoms with Crippen molar-refractivity contribution in [3.05, 3.63) is 76.7 Å². The molecule has 0 unspecified atom stereocenters. The molecule has 0 aliphatic carbocycles. The van der Waals surface area contributed by atoms with Gasteiger partial charge in [-0.2, -0.15) is 18.3 Å². The summed E-state index contributed by atoms with van der Waals surface area (Å²) in [5.41, 5.74) is 1.27. The average molecular weight is 601 g/mol. The first-order chi connectivity index (χ1) is 20.5. The lowest BCUT2D eigenvalue weighted by molar-refractivity contribution is -0.138. The van der Waals surface area contributed by atoms with Crippen molar-refractivity contribution in [2.24, 2.45) is 0 Å². The number of halogens is 4. The quantitative estimate of drug-likeness (QED) is 0.358. The summed E-state index contributed by atoms with van der Waals surface area (Å²) in [4.78, 5) is 32.4. The fourth-order valence-corrected chi connectivity index (χ4v) is 6.30. The number of aryl methyl sites for hydroxylation is 1. The number of piperidine rings is 1. The molecule has 0 N–H and O–H groups in total. The lowest BCUT2D eigenvalue weighted by atomic mass is 10.00. The van der Waals surface area contributed by atoms with Crippen molar-refractivity contribution in [1.82, 2.24) is 19.6 Å². The first-order valence-corrected chi connectivity index (χ1v) is 14.2. The number of rotatable bonds is 5. The Morgan fingerprint density at radius 1 is 1.05 bits per heavy atom. The Morgan fingerprint density at radius 2 is 1.77 bits per heavy atom. The maximum atomic E-state index is 14.6. The predicted octanol–water partition coefficient (Wildman–Crippen LogP) is 5.58. The Balaban J connectivity index is 1.27. The standard InChI is InChI=1S/C30H32F4N6O3/c1-19-6-5-9-25(31)26(19)36-12-10-22(11-13-36)38-15-21-16-40(23-17-37(18-23)29(42)43-2)35-27(21)39(28(38)41)14-20-7-3-4-8-24(20)30(32,33)34/h3-9,16,22-23H,10-15,17-18H2,1-2H3. The molecule has 0 spiro atoms. The highest BCUT2D eigenvalue weighted by atomic mass is 19.4. The highest BCUT2D eigenvalue weighted by Gasteiger charge is 2.42. The zero-order chi connectivity index (χ0) is 30.5. The monoisotopic (exact) mass is 600 g/mol. The third kappa shape index (κ3) is 5.36. The number of aromatic nitrogens is 2. The summed E-state index contributed by atoms with van der Waals surface area (Å²) in [6, 6.07) is 9.45. The number of benzene rings is 2. The van der Waals surface area contributed by atoms with E-state index in [4.69, 9.17) is 4.74 Å². The summed E-state index contributed by atoms with van der Waals surface area (Å²) in [6.45, 7) is 3.62. The molecule has 3 aromatic rings. The van der Waals surface area contributed by atoms with Crippen molar-refractivity contribution in [3.63, 3.8) is 0 Å². The van der Waals surface area contributed by atoms with Crippen molar-refractivity contribution in [2.75, 3.05) is 43.1 Å². The van der Waals surface area contributed by atoms with E-state index in [1.807, 2.05) is 24.1 Å². The average Bonchev–Trinajstić information content (AvgIpc) is 3.37. The normalized spacial score (nSPS) is 18.1. The molecule has 4 heterocycles. The number of carbonyl (C=O) groups excluding carboxylic acids is 2. The van der Waals surface area contributed by atoms with Crippen LogP contribution >= 0.6 is 0 Å². The van der Waals surface area contributed by atoms with Crippen LogP contribution in [-0.2, 0) is 24.0 Å². The van der Waals surface area contributed by atoms with Crippen LogP contribution < -0.4 is 9.80 Å². The van der Waals surface area contributed by atoms with Crippen molar-refractivity contribution >= 4 is 23.6 Å². The summed E-state index contributed by atoms with van der Waals surface area (Å²) in [6.07, 6.45) is -2.07. The minimum atomic E-state index is -4.59. The second kappa shape index (κ2) is 11.1. The Bertz CT molecular complexity index is 1510. The van der Waals surface area contributed by atoms with Crippen LogP contribution in [0.5, 0.6) is 0 Å². The van der Waals surface area contributed by atoms with Gasteiger partial charge >= 0.3 is 18.3 Å². The smallest absolute Gasteiger partial charge is 0.416 e. The highest BCUT2D eigenvalue weighted by molar-refractivity contribution is 5.94. The Hall–Kier alpha value is -4.29. The van der Waals surface area contributed by atoms with E-state index in [2.05, 4.69) is 5.10 Å². The van der Waals surface area contributed by atoms with Gasteiger partial charge in [0, 0.05) is 44.0 Å². The molecule has 9 nitrogen and oxygen atoms in total. The van der Waals surface area contributed by atoms with Gasteiger partial charge in [-0.3, -0.25) is 9.58 Å². The molecule has 0 bridgehead atoms. The number of likely N-dealkylation sites (tertiary alicyclic amines) is 1. The fraction of sp³-hybridized carbons (Fsp3) is 0.433. The molecular weight excluding hydrogens is 568 g/mol. The van der Waals surface area contributed by atoms with Crippen LogP contribution in [0.15, 0.2) is 48.7 Å². The summed E-state index contributed by atoms with van der Waals surface area (Å²) in [5.74, 6) is 0.0231. The van der Waals surface area contributed by atoms with Gasteiger partial charge in [0.1, 0.15) is 5.82 Å². The molecule has 0 radical (unpaired) electrons. The maximum absolute atomic E-state index is 14.6. The van der Waals surface area contributed by atoms with E-state index in [9.17, 15) is 27.2 Å². The molecule has 6 rings (SSSR count). The van der Waals surface area contributed by atoms with Gasteiger partial charge in [0.2, 0.25) is 0 Å². The van der Waals surface area contributed by atoms with Crippen LogP contribution in [0, 0.1) is 12.7 Å². The topological polar surface area (TPSA) is 74.1 Å². The first-order valence-electron chi connectivity index (χ1n) is 14.2. The van der Waals surface area contributed by atoms with E-state index in [-0.39, 0.29) is 36.6 Å². The third-order valence-corrected chi connectivity index (χ3v) is 8.59. The number of para-hydroxylation sites is 1. The van der Waals surface area contributed by atoms with E-state index in [0.717, 1.165) is 11.6 Å². The molecule has 228 valence electrons. The Labute approximate surface area is 246 Å². The number of carbonyl (C=O) groups is 2. The molecule has 13 heteroatoms. The van der Waals surface area contributed by atoms with Crippen LogP contribution in [0.1, 0.15) is 41.1 Å². The number of alkyl halides is 3.